The van der Waals surface area contributed by atoms with Crippen molar-refractivity contribution in [2.24, 2.45) is 0 Å². The van der Waals surface area contributed by atoms with E-state index in [0.717, 1.165) is 72.8 Å². The molecule has 0 bridgehead atoms. The van der Waals surface area contributed by atoms with Crippen LogP contribution in [0.4, 0.5) is 0 Å². The molecule has 6 rings (SSSR count). The lowest BCUT2D eigenvalue weighted by Gasteiger charge is -2.34. The van der Waals surface area contributed by atoms with Crippen LogP contribution in [0.25, 0.3) is 6.08 Å². The highest BCUT2D eigenvalue weighted by atomic mass is 35.5. The van der Waals surface area contributed by atoms with Crippen molar-refractivity contribution in [3.8, 4) is 11.5 Å². The van der Waals surface area contributed by atoms with Crippen LogP contribution in [0, 0.1) is 0 Å². The van der Waals surface area contributed by atoms with Crippen molar-refractivity contribution < 1.29 is 19.4 Å². The van der Waals surface area contributed by atoms with E-state index in [4.69, 9.17) is 26.1 Å². The summed E-state index contributed by atoms with van der Waals surface area (Å²) in [5, 5.41) is 9.88. The molecule has 9 nitrogen and oxygen atoms in total. The van der Waals surface area contributed by atoms with E-state index in [-0.39, 0.29) is 6.10 Å². The van der Waals surface area contributed by atoms with Crippen LogP contribution in [0.15, 0.2) is 67.3 Å². The number of rotatable bonds is 9. The number of hydrogen-bond donors (Lipinski definition) is 1. The zero-order valence-electron chi connectivity index (χ0n) is 23.5. The summed E-state index contributed by atoms with van der Waals surface area (Å²) in [7, 11) is 0. The topological polar surface area (TPSA) is 94.6 Å². The number of likely N-dealkylation sites (tertiary alicyclic amines) is 1. The maximum absolute atomic E-state index is 11.2. The molecular formula is C32H34ClN5O4. The van der Waals surface area contributed by atoms with Crippen LogP contribution in [0.2, 0.25) is 5.02 Å². The number of aliphatic carboxylic acids is 1. The van der Waals surface area contributed by atoms with Crippen LogP contribution < -0.4 is 9.47 Å². The standard InChI is InChI=1S/C32H34ClN5O4/c1-2-37-21-34-16-26(37)18-38-25(10-11-31(39)40)17-35-30(38)19-36-14-12-22(13-15-36)27-4-3-5-28-32(27)41-20-29(42-28)23-6-8-24(33)9-7-23/h3-11,16-17,21-22,29H,2,12-15,18-20H2,1H3,(H,39,40)/b11-10+/t29-/m0/s1. The van der Waals surface area contributed by atoms with Crippen LogP contribution in [-0.2, 0) is 24.4 Å². The van der Waals surface area contributed by atoms with E-state index in [2.05, 4.69) is 38.1 Å². The molecule has 4 aromatic rings. The lowest BCUT2D eigenvalue weighted by atomic mass is 9.88. The second-order valence-electron chi connectivity index (χ2n) is 10.7. The summed E-state index contributed by atoms with van der Waals surface area (Å²) < 4.78 is 16.9. The minimum atomic E-state index is -0.983. The number of ether oxygens (including phenoxy) is 2. The molecule has 2 aliphatic rings. The monoisotopic (exact) mass is 587 g/mol. The third-order valence-corrected chi connectivity index (χ3v) is 8.37. The number of hydrogen-bond acceptors (Lipinski definition) is 6. The van der Waals surface area contributed by atoms with Gasteiger partial charge in [-0.3, -0.25) is 4.90 Å². The third-order valence-electron chi connectivity index (χ3n) is 8.12. The van der Waals surface area contributed by atoms with Gasteiger partial charge in [0.05, 0.1) is 37.0 Å². The first-order valence-corrected chi connectivity index (χ1v) is 14.7. The molecule has 1 atom stereocenters. The number of carboxylic acids is 1. The molecular weight excluding hydrogens is 554 g/mol. The van der Waals surface area contributed by atoms with Gasteiger partial charge in [-0.1, -0.05) is 35.9 Å². The Balaban J connectivity index is 1.13. The fourth-order valence-electron chi connectivity index (χ4n) is 5.85. The van der Waals surface area contributed by atoms with E-state index in [0.29, 0.717) is 30.6 Å². The van der Waals surface area contributed by atoms with Crippen molar-refractivity contribution in [2.45, 2.75) is 51.4 Å². The smallest absolute Gasteiger partial charge is 0.328 e. The Morgan fingerprint density at radius 1 is 1.12 bits per heavy atom. The fourth-order valence-corrected chi connectivity index (χ4v) is 5.97. The van der Waals surface area contributed by atoms with E-state index in [1.807, 2.05) is 42.9 Å². The van der Waals surface area contributed by atoms with Gasteiger partial charge in [0.2, 0.25) is 0 Å². The summed E-state index contributed by atoms with van der Waals surface area (Å²) in [6, 6.07) is 13.9. The second kappa shape index (κ2) is 12.4. The van der Waals surface area contributed by atoms with Crippen molar-refractivity contribution in [3.05, 3.63) is 101 Å². The molecule has 2 aromatic carbocycles. The van der Waals surface area contributed by atoms with Crippen molar-refractivity contribution in [2.75, 3.05) is 19.7 Å². The number of fused-ring (bicyclic) bond motifs is 1. The minimum Gasteiger partial charge on any atom is -0.485 e. The van der Waals surface area contributed by atoms with Crippen LogP contribution in [0.1, 0.15) is 60.1 Å². The van der Waals surface area contributed by atoms with Gasteiger partial charge in [0.15, 0.2) is 17.6 Å². The zero-order chi connectivity index (χ0) is 29.1. The van der Waals surface area contributed by atoms with E-state index >= 15 is 0 Å². The zero-order valence-corrected chi connectivity index (χ0v) is 24.3. The first-order valence-electron chi connectivity index (χ1n) is 14.3. The molecule has 0 aliphatic carbocycles. The molecule has 0 saturated carbocycles. The van der Waals surface area contributed by atoms with Gasteiger partial charge in [0.25, 0.3) is 0 Å². The number of benzene rings is 2. The van der Waals surface area contributed by atoms with Gasteiger partial charge in [-0.25, -0.2) is 14.8 Å². The summed E-state index contributed by atoms with van der Waals surface area (Å²) >= 11 is 6.06. The molecule has 1 saturated heterocycles. The Bertz CT molecular complexity index is 1570. The Hall–Kier alpha value is -4.08. The number of para-hydroxylation sites is 1. The molecule has 1 N–H and O–H groups in total. The third kappa shape index (κ3) is 6.07. The molecule has 0 spiro atoms. The molecule has 2 aromatic heterocycles. The van der Waals surface area contributed by atoms with Crippen molar-refractivity contribution >= 4 is 23.6 Å². The molecule has 0 amide bonds. The fraction of sp³-hybridized carbons (Fsp3) is 0.344. The average molecular weight is 588 g/mol. The van der Waals surface area contributed by atoms with E-state index in [1.165, 1.54) is 5.56 Å². The van der Waals surface area contributed by atoms with Gasteiger partial charge in [0.1, 0.15) is 12.4 Å². The van der Waals surface area contributed by atoms with Crippen molar-refractivity contribution in [3.63, 3.8) is 0 Å². The van der Waals surface area contributed by atoms with Crippen LogP contribution >= 0.6 is 11.6 Å². The Kier molecular flexibility index (Phi) is 8.30. The minimum absolute atomic E-state index is 0.165. The maximum atomic E-state index is 11.2. The molecule has 42 heavy (non-hydrogen) atoms. The molecule has 2 aliphatic heterocycles. The number of aryl methyl sites for hydroxylation is 1. The highest BCUT2D eigenvalue weighted by molar-refractivity contribution is 6.30. The number of piperidine rings is 1. The van der Waals surface area contributed by atoms with Crippen molar-refractivity contribution in [1.82, 2.24) is 24.0 Å². The number of aromatic nitrogens is 4. The molecule has 4 heterocycles. The van der Waals surface area contributed by atoms with Crippen LogP contribution in [0.3, 0.4) is 0 Å². The number of carboxylic acid groups (broad SMARTS) is 1. The molecule has 0 radical (unpaired) electrons. The highest BCUT2D eigenvalue weighted by Gasteiger charge is 2.30. The van der Waals surface area contributed by atoms with Gasteiger partial charge >= 0.3 is 5.97 Å². The number of halogens is 1. The van der Waals surface area contributed by atoms with E-state index < -0.39 is 5.97 Å². The lowest BCUT2D eigenvalue weighted by Crippen LogP contribution is -2.34. The summed E-state index contributed by atoms with van der Waals surface area (Å²) in [5.74, 6) is 1.95. The summed E-state index contributed by atoms with van der Waals surface area (Å²) in [5.41, 5.74) is 4.06. The highest BCUT2D eigenvalue weighted by Crippen LogP contribution is 2.44. The number of carbonyl (C=O) groups is 1. The van der Waals surface area contributed by atoms with Crippen LogP contribution in [-0.4, -0.2) is 54.8 Å². The summed E-state index contributed by atoms with van der Waals surface area (Å²) in [4.78, 5) is 22.6. The normalized spacial score (nSPS) is 17.6. The molecule has 0 unspecified atom stereocenters. The van der Waals surface area contributed by atoms with Gasteiger partial charge < -0.3 is 23.7 Å². The summed E-state index contributed by atoms with van der Waals surface area (Å²) in [6.45, 7) is 6.45. The SMILES string of the molecule is CCn1cncc1Cn1c(/C=C/C(=O)O)cnc1CN1CCC(c2cccc3c2OC[C@@H](c2ccc(Cl)cc2)O3)CC1. The van der Waals surface area contributed by atoms with Gasteiger partial charge in [-0.2, -0.15) is 0 Å². The Morgan fingerprint density at radius 2 is 1.93 bits per heavy atom. The Morgan fingerprint density at radius 3 is 2.69 bits per heavy atom. The molecule has 218 valence electrons. The van der Waals surface area contributed by atoms with E-state index in [1.54, 1.807) is 12.3 Å². The van der Waals surface area contributed by atoms with Gasteiger partial charge in [0, 0.05) is 29.4 Å². The van der Waals surface area contributed by atoms with E-state index in [9.17, 15) is 9.90 Å². The largest absolute Gasteiger partial charge is 0.485 e. The predicted octanol–water partition coefficient (Wildman–Crippen LogP) is 5.79. The quantitative estimate of drug-likeness (QED) is 0.248. The van der Waals surface area contributed by atoms with Gasteiger partial charge in [-0.05, 0) is 68.6 Å². The number of nitrogens with zero attached hydrogens (tertiary/aromatic N) is 5. The molecule has 10 heteroatoms. The Labute approximate surface area is 250 Å². The van der Waals surface area contributed by atoms with Gasteiger partial charge in [-0.15, -0.1) is 0 Å². The molecule has 1 fully saturated rings. The van der Waals surface area contributed by atoms with Crippen LogP contribution in [0.5, 0.6) is 11.5 Å². The maximum Gasteiger partial charge on any atom is 0.328 e. The lowest BCUT2D eigenvalue weighted by molar-refractivity contribution is -0.131. The number of imidazole rings is 2. The average Bonchev–Trinajstić information content (AvgIpc) is 3.62. The summed E-state index contributed by atoms with van der Waals surface area (Å²) in [6.07, 6.45) is 10.0. The predicted molar refractivity (Wildman–Crippen MR) is 160 cm³/mol. The first kappa shape index (κ1) is 28.1. The first-order chi connectivity index (χ1) is 20.5. The second-order valence-corrected chi connectivity index (χ2v) is 11.2. The van der Waals surface area contributed by atoms with Crippen molar-refractivity contribution in [1.29, 1.82) is 0 Å².